The number of carbonyl (C=O) groups is 2. The number of halogens is 1. The standard InChI is InChI=1S/C15H16IN3O2/c1-18(9-20)8-15(21)19-7-13-11(6-14(19)16)10-4-2-3-5-12(10)17-13/h2-5,9,14,17H,6-8H2,1H3/t14-/m1/s1. The largest absolute Gasteiger partial charge is 0.357 e. The highest BCUT2D eigenvalue weighted by molar-refractivity contribution is 14.1. The van der Waals surface area contributed by atoms with Crippen molar-refractivity contribution < 1.29 is 9.59 Å². The van der Waals surface area contributed by atoms with E-state index in [1.165, 1.54) is 15.8 Å². The second-order valence-electron chi connectivity index (χ2n) is 5.31. The average Bonchev–Trinajstić information content (AvgIpc) is 2.84. The summed E-state index contributed by atoms with van der Waals surface area (Å²) in [6, 6.07) is 8.22. The zero-order valence-corrected chi connectivity index (χ0v) is 13.8. The van der Waals surface area contributed by atoms with E-state index in [-0.39, 0.29) is 16.5 Å². The first-order valence-electron chi connectivity index (χ1n) is 6.77. The first-order chi connectivity index (χ1) is 10.1. The van der Waals surface area contributed by atoms with Crippen LogP contribution in [0, 0.1) is 0 Å². The van der Waals surface area contributed by atoms with E-state index in [0.29, 0.717) is 13.0 Å². The Kier molecular flexibility index (Phi) is 3.88. The second kappa shape index (κ2) is 5.67. The maximum Gasteiger partial charge on any atom is 0.243 e. The number of fused-ring (bicyclic) bond motifs is 3. The van der Waals surface area contributed by atoms with Crippen molar-refractivity contribution in [1.82, 2.24) is 14.8 Å². The number of nitrogens with one attached hydrogen (secondary N) is 1. The molecule has 21 heavy (non-hydrogen) atoms. The van der Waals surface area contributed by atoms with Crippen molar-refractivity contribution in [2.45, 2.75) is 17.0 Å². The molecule has 0 saturated heterocycles. The predicted octanol–water partition coefficient (Wildman–Crippen LogP) is 1.90. The number of benzene rings is 1. The van der Waals surface area contributed by atoms with E-state index in [1.807, 2.05) is 17.0 Å². The van der Waals surface area contributed by atoms with Crippen LogP contribution in [0.5, 0.6) is 0 Å². The second-order valence-corrected chi connectivity index (χ2v) is 6.75. The van der Waals surface area contributed by atoms with Crippen LogP contribution < -0.4 is 0 Å². The van der Waals surface area contributed by atoms with Crippen molar-refractivity contribution in [2.75, 3.05) is 13.6 Å². The zero-order valence-electron chi connectivity index (χ0n) is 11.7. The summed E-state index contributed by atoms with van der Waals surface area (Å²) in [5, 5.41) is 1.24. The van der Waals surface area contributed by atoms with Crippen LogP contribution in [-0.4, -0.2) is 44.7 Å². The summed E-state index contributed by atoms with van der Waals surface area (Å²) in [6.45, 7) is 0.696. The third-order valence-electron chi connectivity index (χ3n) is 3.83. The third-order valence-corrected chi connectivity index (χ3v) is 4.94. The van der Waals surface area contributed by atoms with Gasteiger partial charge < -0.3 is 14.8 Å². The molecule has 3 rings (SSSR count). The normalized spacial score (nSPS) is 17.6. The van der Waals surface area contributed by atoms with Crippen molar-refractivity contribution >= 4 is 45.8 Å². The topological polar surface area (TPSA) is 56.4 Å². The Labute approximate surface area is 136 Å². The molecule has 0 aliphatic carbocycles. The van der Waals surface area contributed by atoms with Gasteiger partial charge in [0.2, 0.25) is 12.3 Å². The van der Waals surface area contributed by atoms with Crippen molar-refractivity contribution in [1.29, 1.82) is 0 Å². The molecule has 1 aliphatic heterocycles. The summed E-state index contributed by atoms with van der Waals surface area (Å²) in [5.41, 5.74) is 3.52. The van der Waals surface area contributed by atoms with E-state index in [1.54, 1.807) is 7.05 Å². The lowest BCUT2D eigenvalue weighted by molar-refractivity contribution is -0.136. The number of hydrogen-bond acceptors (Lipinski definition) is 2. The molecule has 0 saturated carbocycles. The van der Waals surface area contributed by atoms with Gasteiger partial charge in [0.05, 0.1) is 17.1 Å². The highest BCUT2D eigenvalue weighted by atomic mass is 127. The van der Waals surface area contributed by atoms with Gasteiger partial charge >= 0.3 is 0 Å². The number of alkyl halides is 1. The molecule has 6 heteroatoms. The summed E-state index contributed by atoms with van der Waals surface area (Å²) in [6.07, 6.45) is 1.51. The van der Waals surface area contributed by atoms with Crippen LogP contribution in [0.1, 0.15) is 11.3 Å². The number of aromatic nitrogens is 1. The molecular formula is C15H16IN3O2. The number of nitrogens with zero attached hydrogens (tertiary/aromatic N) is 2. The highest BCUT2D eigenvalue weighted by Crippen LogP contribution is 2.32. The van der Waals surface area contributed by atoms with E-state index in [4.69, 9.17) is 0 Å². The molecule has 2 heterocycles. The van der Waals surface area contributed by atoms with Crippen LogP contribution in [0.4, 0.5) is 0 Å². The molecule has 1 atom stereocenters. The van der Waals surface area contributed by atoms with Gasteiger partial charge in [0.1, 0.15) is 0 Å². The minimum atomic E-state index is -0.0201. The number of para-hydroxylation sites is 1. The van der Waals surface area contributed by atoms with Crippen LogP contribution in [0.15, 0.2) is 24.3 Å². The van der Waals surface area contributed by atoms with Gasteiger partial charge in [0, 0.05) is 30.1 Å². The van der Waals surface area contributed by atoms with Crippen LogP contribution in [0.2, 0.25) is 0 Å². The Hall–Kier alpha value is -1.57. The smallest absolute Gasteiger partial charge is 0.243 e. The number of carbonyl (C=O) groups excluding carboxylic acids is 2. The molecule has 110 valence electrons. The van der Waals surface area contributed by atoms with E-state index in [2.05, 4.69) is 39.7 Å². The summed E-state index contributed by atoms with van der Waals surface area (Å²) in [4.78, 5) is 29.6. The Morgan fingerprint density at radius 1 is 1.52 bits per heavy atom. The predicted molar refractivity (Wildman–Crippen MR) is 89.1 cm³/mol. The molecule has 1 aromatic carbocycles. The maximum atomic E-state index is 12.3. The summed E-state index contributed by atoms with van der Waals surface area (Å²) >= 11 is 2.30. The number of hydrogen-bond donors (Lipinski definition) is 1. The van der Waals surface area contributed by atoms with Gasteiger partial charge in [-0.15, -0.1) is 0 Å². The first-order valence-corrected chi connectivity index (χ1v) is 8.02. The van der Waals surface area contributed by atoms with Crippen LogP contribution in [-0.2, 0) is 22.6 Å². The molecule has 1 aromatic heterocycles. The summed E-state index contributed by atoms with van der Waals surface area (Å²) in [7, 11) is 1.62. The molecule has 0 unspecified atom stereocenters. The molecule has 2 aromatic rings. The quantitative estimate of drug-likeness (QED) is 0.372. The average molecular weight is 397 g/mol. The van der Waals surface area contributed by atoms with Gasteiger partial charge in [-0.3, -0.25) is 9.59 Å². The molecule has 1 N–H and O–H groups in total. The van der Waals surface area contributed by atoms with E-state index < -0.39 is 0 Å². The van der Waals surface area contributed by atoms with E-state index in [0.717, 1.165) is 17.6 Å². The molecule has 5 nitrogen and oxygen atoms in total. The summed E-state index contributed by atoms with van der Waals surface area (Å²) in [5.74, 6) is -0.0201. The third kappa shape index (κ3) is 2.64. The number of H-pyrrole nitrogens is 1. The Balaban J connectivity index is 1.88. The molecule has 0 bridgehead atoms. The van der Waals surface area contributed by atoms with Crippen molar-refractivity contribution in [3.8, 4) is 0 Å². The van der Waals surface area contributed by atoms with E-state index >= 15 is 0 Å². The molecular weight excluding hydrogens is 381 g/mol. The zero-order chi connectivity index (χ0) is 15.0. The van der Waals surface area contributed by atoms with Crippen molar-refractivity contribution in [3.05, 3.63) is 35.5 Å². The van der Waals surface area contributed by atoms with Crippen molar-refractivity contribution in [3.63, 3.8) is 0 Å². The van der Waals surface area contributed by atoms with Gasteiger partial charge in [0.25, 0.3) is 0 Å². The number of amides is 2. The Morgan fingerprint density at radius 3 is 3.05 bits per heavy atom. The Bertz CT molecular complexity index is 697. The fourth-order valence-corrected chi connectivity index (χ4v) is 3.71. The van der Waals surface area contributed by atoms with Crippen LogP contribution in [0.3, 0.4) is 0 Å². The number of likely N-dealkylation sites (N-methyl/N-ethyl adjacent to an activating group) is 1. The minimum absolute atomic E-state index is 0.0201. The maximum absolute atomic E-state index is 12.3. The van der Waals surface area contributed by atoms with Crippen LogP contribution >= 0.6 is 22.6 Å². The molecule has 2 amide bonds. The number of aromatic amines is 1. The first kappa shape index (κ1) is 14.4. The summed E-state index contributed by atoms with van der Waals surface area (Å²) < 4.78 is 0.113. The van der Waals surface area contributed by atoms with Gasteiger partial charge in [0.15, 0.2) is 0 Å². The number of rotatable bonds is 3. The van der Waals surface area contributed by atoms with E-state index in [9.17, 15) is 9.59 Å². The highest BCUT2D eigenvalue weighted by Gasteiger charge is 2.30. The molecule has 0 fully saturated rings. The molecule has 0 radical (unpaired) electrons. The Morgan fingerprint density at radius 2 is 2.29 bits per heavy atom. The van der Waals surface area contributed by atoms with Gasteiger partial charge in [-0.2, -0.15) is 0 Å². The minimum Gasteiger partial charge on any atom is -0.357 e. The van der Waals surface area contributed by atoms with Crippen LogP contribution in [0.25, 0.3) is 10.9 Å². The van der Waals surface area contributed by atoms with Gasteiger partial charge in [-0.05, 0) is 11.6 Å². The monoisotopic (exact) mass is 397 g/mol. The fourth-order valence-electron chi connectivity index (χ4n) is 2.76. The molecule has 1 aliphatic rings. The van der Waals surface area contributed by atoms with Gasteiger partial charge in [-0.1, -0.05) is 40.8 Å². The lowest BCUT2D eigenvalue weighted by Gasteiger charge is -2.33. The lowest BCUT2D eigenvalue weighted by Crippen LogP contribution is -2.45. The van der Waals surface area contributed by atoms with Crippen molar-refractivity contribution in [2.24, 2.45) is 0 Å². The SMILES string of the molecule is CN(C=O)CC(=O)N1Cc2[nH]c3ccccc3c2C[C@@H]1I. The lowest BCUT2D eigenvalue weighted by atomic mass is 10.0. The fraction of sp³-hybridized carbons (Fsp3) is 0.333. The van der Waals surface area contributed by atoms with Gasteiger partial charge in [-0.25, -0.2) is 0 Å². The molecule has 0 spiro atoms.